The fourth-order valence-electron chi connectivity index (χ4n) is 2.21. The van der Waals surface area contributed by atoms with E-state index in [1.165, 1.54) is 10.4 Å². The zero-order chi connectivity index (χ0) is 14.3. The molecule has 20 heavy (non-hydrogen) atoms. The third-order valence-electron chi connectivity index (χ3n) is 3.37. The van der Waals surface area contributed by atoms with Gasteiger partial charge in [-0.05, 0) is 24.4 Å². The van der Waals surface area contributed by atoms with Gasteiger partial charge in [-0.25, -0.2) is 8.42 Å². The average Bonchev–Trinajstić information content (AvgIpc) is 2.74. The van der Waals surface area contributed by atoms with E-state index in [1.807, 2.05) is 0 Å². The standard InChI is InChI=1S/C12H14N2O4S2/c1-13-10-3-2-9(8-11(10)18-12(13)19)20(15,16)14-4-6-17-7-5-14/h2-3,8H,4-7H2,1H3. The van der Waals surface area contributed by atoms with Gasteiger partial charge in [-0.1, -0.05) is 0 Å². The van der Waals surface area contributed by atoms with Crippen LogP contribution in [0.4, 0.5) is 0 Å². The number of hydrogen-bond donors (Lipinski definition) is 0. The number of aryl methyl sites for hydroxylation is 1. The Morgan fingerprint density at radius 3 is 2.65 bits per heavy atom. The Labute approximate surface area is 121 Å². The quantitative estimate of drug-likeness (QED) is 0.786. The Kier molecular flexibility index (Phi) is 3.41. The molecular weight excluding hydrogens is 300 g/mol. The van der Waals surface area contributed by atoms with Crippen LogP contribution in [0.1, 0.15) is 0 Å². The first-order valence-corrected chi connectivity index (χ1v) is 8.02. The molecule has 0 N–H and O–H groups in total. The summed E-state index contributed by atoms with van der Waals surface area (Å²) >= 11 is 5.04. The summed E-state index contributed by atoms with van der Waals surface area (Å²) in [7, 11) is -1.72. The highest BCUT2D eigenvalue weighted by Gasteiger charge is 2.26. The van der Waals surface area contributed by atoms with Crippen molar-refractivity contribution in [3.8, 4) is 0 Å². The van der Waals surface area contributed by atoms with Crippen LogP contribution in [0, 0.1) is 4.84 Å². The molecule has 1 saturated heterocycles. The summed E-state index contributed by atoms with van der Waals surface area (Å²) in [6.45, 7) is 1.60. The maximum absolute atomic E-state index is 12.5. The van der Waals surface area contributed by atoms with E-state index in [0.29, 0.717) is 36.7 Å². The molecule has 0 unspecified atom stereocenters. The molecule has 0 saturated carbocycles. The van der Waals surface area contributed by atoms with Crippen molar-refractivity contribution in [3.63, 3.8) is 0 Å². The average molecular weight is 314 g/mol. The van der Waals surface area contributed by atoms with Gasteiger partial charge in [-0.3, -0.25) is 0 Å². The van der Waals surface area contributed by atoms with E-state index in [-0.39, 0.29) is 4.90 Å². The molecule has 1 aliphatic rings. The highest BCUT2D eigenvalue weighted by Crippen LogP contribution is 2.23. The van der Waals surface area contributed by atoms with E-state index < -0.39 is 10.0 Å². The molecule has 2 aromatic rings. The van der Waals surface area contributed by atoms with Crippen LogP contribution in [0.5, 0.6) is 0 Å². The highest BCUT2D eigenvalue weighted by molar-refractivity contribution is 7.89. The lowest BCUT2D eigenvalue weighted by Gasteiger charge is -2.25. The summed E-state index contributed by atoms with van der Waals surface area (Å²) in [5.74, 6) is 0. The second kappa shape index (κ2) is 4.96. The number of sulfonamides is 1. The molecule has 0 aliphatic carbocycles. The van der Waals surface area contributed by atoms with E-state index in [1.54, 1.807) is 23.7 Å². The predicted molar refractivity (Wildman–Crippen MR) is 75.6 cm³/mol. The van der Waals surface area contributed by atoms with E-state index in [9.17, 15) is 8.42 Å². The first-order valence-electron chi connectivity index (χ1n) is 6.17. The van der Waals surface area contributed by atoms with Gasteiger partial charge in [0.15, 0.2) is 5.58 Å². The lowest BCUT2D eigenvalue weighted by Crippen LogP contribution is -2.40. The zero-order valence-electron chi connectivity index (χ0n) is 10.9. The number of ether oxygens (including phenoxy) is 1. The van der Waals surface area contributed by atoms with Gasteiger partial charge in [0.1, 0.15) is 0 Å². The molecule has 1 aliphatic heterocycles. The van der Waals surface area contributed by atoms with Gasteiger partial charge in [-0.15, -0.1) is 0 Å². The summed E-state index contributed by atoms with van der Waals surface area (Å²) in [5.41, 5.74) is 1.25. The van der Waals surface area contributed by atoms with Crippen molar-refractivity contribution in [2.24, 2.45) is 7.05 Å². The normalized spacial score (nSPS) is 17.6. The third-order valence-corrected chi connectivity index (χ3v) is 5.62. The molecule has 1 aromatic carbocycles. The smallest absolute Gasteiger partial charge is 0.269 e. The largest absolute Gasteiger partial charge is 0.429 e. The molecule has 1 fully saturated rings. The van der Waals surface area contributed by atoms with Gasteiger partial charge >= 0.3 is 0 Å². The van der Waals surface area contributed by atoms with Crippen LogP contribution in [0.25, 0.3) is 11.1 Å². The molecule has 108 valence electrons. The van der Waals surface area contributed by atoms with Crippen LogP contribution < -0.4 is 0 Å². The summed E-state index contributed by atoms with van der Waals surface area (Å²) in [6, 6.07) is 4.81. The number of fused-ring (bicyclic) bond motifs is 1. The van der Waals surface area contributed by atoms with E-state index in [0.717, 1.165) is 5.52 Å². The molecule has 8 heteroatoms. The SMILES string of the molecule is Cn1c(=S)oc2cc(S(=O)(=O)N3CCOCC3)ccc21. The molecule has 2 heterocycles. The van der Waals surface area contributed by atoms with Crippen molar-refractivity contribution in [2.75, 3.05) is 26.3 Å². The van der Waals surface area contributed by atoms with E-state index in [2.05, 4.69) is 0 Å². The predicted octanol–water partition coefficient (Wildman–Crippen LogP) is 1.52. The minimum absolute atomic E-state index is 0.219. The van der Waals surface area contributed by atoms with Crippen molar-refractivity contribution in [1.82, 2.24) is 8.87 Å². The van der Waals surface area contributed by atoms with Crippen LogP contribution in [0.2, 0.25) is 0 Å². The number of morpholine rings is 1. The van der Waals surface area contributed by atoms with Crippen LogP contribution in [-0.2, 0) is 21.8 Å². The monoisotopic (exact) mass is 314 g/mol. The fourth-order valence-corrected chi connectivity index (χ4v) is 3.82. The Balaban J connectivity index is 2.07. The molecule has 0 atom stereocenters. The van der Waals surface area contributed by atoms with Gasteiger partial charge in [0.2, 0.25) is 10.0 Å². The third kappa shape index (κ3) is 2.18. The van der Waals surface area contributed by atoms with Crippen molar-refractivity contribution in [3.05, 3.63) is 23.0 Å². The maximum Gasteiger partial charge on any atom is 0.269 e. The van der Waals surface area contributed by atoms with Crippen LogP contribution in [-0.4, -0.2) is 43.6 Å². The minimum Gasteiger partial charge on any atom is -0.429 e. The van der Waals surface area contributed by atoms with Crippen molar-refractivity contribution in [2.45, 2.75) is 4.90 Å². The van der Waals surface area contributed by atoms with Crippen molar-refractivity contribution in [1.29, 1.82) is 0 Å². The first-order chi connectivity index (χ1) is 9.50. The highest BCUT2D eigenvalue weighted by atomic mass is 32.2. The van der Waals surface area contributed by atoms with Gasteiger partial charge in [-0.2, -0.15) is 4.31 Å². The number of nitrogens with zero attached hydrogens (tertiary/aromatic N) is 2. The number of hydrogen-bond acceptors (Lipinski definition) is 5. The Bertz CT molecular complexity index is 800. The number of benzene rings is 1. The van der Waals surface area contributed by atoms with Gasteiger partial charge in [0.25, 0.3) is 4.84 Å². The minimum atomic E-state index is -3.51. The lowest BCUT2D eigenvalue weighted by atomic mass is 10.3. The second-order valence-electron chi connectivity index (χ2n) is 4.57. The van der Waals surface area contributed by atoms with E-state index in [4.69, 9.17) is 21.4 Å². The lowest BCUT2D eigenvalue weighted by molar-refractivity contribution is 0.0730. The maximum atomic E-state index is 12.5. The molecular formula is C12H14N2O4S2. The van der Waals surface area contributed by atoms with Crippen molar-refractivity contribution >= 4 is 33.3 Å². The fraction of sp³-hybridized carbons (Fsp3) is 0.417. The summed E-state index contributed by atoms with van der Waals surface area (Å²) in [5, 5.41) is 0. The van der Waals surface area contributed by atoms with Crippen molar-refractivity contribution < 1.29 is 17.6 Å². The Morgan fingerprint density at radius 1 is 1.25 bits per heavy atom. The molecule has 6 nitrogen and oxygen atoms in total. The molecule has 0 amide bonds. The van der Waals surface area contributed by atoms with Crippen LogP contribution >= 0.6 is 12.2 Å². The number of aromatic nitrogens is 1. The van der Waals surface area contributed by atoms with Crippen LogP contribution in [0.15, 0.2) is 27.5 Å². The molecule has 0 radical (unpaired) electrons. The second-order valence-corrected chi connectivity index (χ2v) is 6.86. The molecule has 1 aromatic heterocycles. The van der Waals surface area contributed by atoms with Gasteiger partial charge in [0, 0.05) is 26.2 Å². The van der Waals surface area contributed by atoms with Crippen LogP contribution in [0.3, 0.4) is 0 Å². The summed E-state index contributed by atoms with van der Waals surface area (Å²) in [6.07, 6.45) is 0. The molecule has 0 bridgehead atoms. The topological polar surface area (TPSA) is 64.7 Å². The summed E-state index contributed by atoms with van der Waals surface area (Å²) < 4.78 is 38.7. The van der Waals surface area contributed by atoms with Gasteiger partial charge < -0.3 is 13.7 Å². The molecule has 3 rings (SSSR count). The Morgan fingerprint density at radius 2 is 1.95 bits per heavy atom. The van der Waals surface area contributed by atoms with E-state index >= 15 is 0 Å². The first kappa shape index (κ1) is 13.7. The zero-order valence-corrected chi connectivity index (χ0v) is 12.5. The number of rotatable bonds is 2. The summed E-state index contributed by atoms with van der Waals surface area (Å²) in [4.78, 5) is 0.539. The van der Waals surface area contributed by atoms with Gasteiger partial charge in [0.05, 0.1) is 23.6 Å². The Hall–Kier alpha value is -1.22. The number of oxazole rings is 1. The molecule has 0 spiro atoms.